The molecule has 1 N–H and O–H groups in total. The first kappa shape index (κ1) is 20.7. The van der Waals surface area contributed by atoms with Crippen LogP contribution in [0.25, 0.3) is 16.5 Å². The minimum absolute atomic E-state index is 0.131. The van der Waals surface area contributed by atoms with Gasteiger partial charge in [-0.15, -0.1) is 11.3 Å². The van der Waals surface area contributed by atoms with E-state index in [1.807, 2.05) is 42.5 Å². The zero-order chi connectivity index (χ0) is 21.1. The van der Waals surface area contributed by atoms with Gasteiger partial charge >= 0.3 is 0 Å². The van der Waals surface area contributed by atoms with E-state index < -0.39 is 10.0 Å². The van der Waals surface area contributed by atoms with Gasteiger partial charge in [0, 0.05) is 22.4 Å². The highest BCUT2D eigenvalue weighted by Crippen LogP contribution is 2.32. The second kappa shape index (κ2) is 8.63. The van der Waals surface area contributed by atoms with Crippen molar-refractivity contribution in [2.45, 2.75) is 6.42 Å². The molecular weight excluding hydrogens is 440 g/mol. The van der Waals surface area contributed by atoms with Gasteiger partial charge in [0.15, 0.2) is 0 Å². The Labute approximate surface area is 184 Å². The molecule has 2 heterocycles. The van der Waals surface area contributed by atoms with Crippen LogP contribution in [0.5, 0.6) is 0 Å². The van der Waals surface area contributed by atoms with Crippen LogP contribution in [0.1, 0.15) is 11.3 Å². The third kappa shape index (κ3) is 4.59. The Kier molecular flexibility index (Phi) is 5.94. The summed E-state index contributed by atoms with van der Waals surface area (Å²) in [5.74, 6) is -0.209. The molecule has 0 aliphatic carbocycles. The van der Waals surface area contributed by atoms with Crippen LogP contribution in [-0.2, 0) is 14.8 Å². The minimum Gasteiger partial charge on any atom is -0.321 e. The summed E-state index contributed by atoms with van der Waals surface area (Å²) >= 11 is 7.79. The van der Waals surface area contributed by atoms with Gasteiger partial charge in [-0.2, -0.15) is 0 Å². The van der Waals surface area contributed by atoms with Gasteiger partial charge in [-0.05, 0) is 48.4 Å². The molecule has 0 bridgehead atoms. The van der Waals surface area contributed by atoms with E-state index in [0.717, 1.165) is 15.3 Å². The highest BCUT2D eigenvalue weighted by molar-refractivity contribution is 7.93. The molecule has 0 radical (unpaired) electrons. The number of nitrogens with one attached hydrogen (secondary N) is 1. The maximum atomic E-state index is 12.4. The predicted octanol–water partition coefficient (Wildman–Crippen LogP) is 5.26. The maximum Gasteiger partial charge on any atom is 0.248 e. The largest absolute Gasteiger partial charge is 0.321 e. The summed E-state index contributed by atoms with van der Waals surface area (Å²) in [7, 11) is -3.30. The van der Waals surface area contributed by atoms with E-state index in [0.29, 0.717) is 29.4 Å². The van der Waals surface area contributed by atoms with E-state index in [-0.39, 0.29) is 11.7 Å². The van der Waals surface area contributed by atoms with Crippen molar-refractivity contribution in [2.24, 2.45) is 0 Å². The first-order valence-electron chi connectivity index (χ1n) is 9.37. The fourth-order valence-electron chi connectivity index (χ4n) is 3.23. The molecule has 0 spiro atoms. The van der Waals surface area contributed by atoms with Crippen LogP contribution in [0.4, 0.5) is 11.4 Å². The van der Waals surface area contributed by atoms with Crippen molar-refractivity contribution in [1.82, 2.24) is 0 Å². The molecule has 2 aromatic carbocycles. The number of halogens is 1. The Morgan fingerprint density at radius 3 is 2.63 bits per heavy atom. The second-order valence-corrected chi connectivity index (χ2v) is 10.3. The lowest BCUT2D eigenvalue weighted by Crippen LogP contribution is -2.25. The Hall–Kier alpha value is -2.61. The van der Waals surface area contributed by atoms with Gasteiger partial charge in [-0.3, -0.25) is 9.10 Å². The quantitative estimate of drug-likeness (QED) is 0.530. The molecule has 1 aromatic heterocycles. The molecule has 0 saturated carbocycles. The SMILES string of the molecule is O=C(C=Cc1ccc(-c2ccccc2)s1)Nc1cc(N2CCCS2(=O)=O)ccc1Cl. The summed E-state index contributed by atoms with van der Waals surface area (Å²) < 4.78 is 25.6. The lowest BCUT2D eigenvalue weighted by molar-refractivity contribution is -0.111. The first-order valence-corrected chi connectivity index (χ1v) is 12.2. The van der Waals surface area contributed by atoms with Crippen molar-refractivity contribution in [3.8, 4) is 10.4 Å². The molecule has 0 unspecified atom stereocenters. The number of benzene rings is 2. The van der Waals surface area contributed by atoms with Crippen molar-refractivity contribution >= 4 is 56.3 Å². The Morgan fingerprint density at radius 1 is 1.10 bits per heavy atom. The number of rotatable bonds is 5. The van der Waals surface area contributed by atoms with Gasteiger partial charge in [-0.25, -0.2) is 8.42 Å². The van der Waals surface area contributed by atoms with Crippen LogP contribution >= 0.6 is 22.9 Å². The summed E-state index contributed by atoms with van der Waals surface area (Å²) in [6.07, 6.45) is 3.77. The molecule has 3 aromatic rings. The van der Waals surface area contributed by atoms with E-state index >= 15 is 0 Å². The van der Waals surface area contributed by atoms with Gasteiger partial charge in [0.2, 0.25) is 15.9 Å². The van der Waals surface area contributed by atoms with Crippen molar-refractivity contribution in [1.29, 1.82) is 0 Å². The number of amides is 1. The summed E-state index contributed by atoms with van der Waals surface area (Å²) in [5, 5.41) is 3.08. The standard InChI is InChI=1S/C22H19ClN2O3S2/c23-19-10-7-17(25-13-4-14-30(25,27)28)15-20(19)24-22(26)12-9-18-8-11-21(29-18)16-5-2-1-3-6-16/h1-3,5-12,15H,4,13-14H2,(H,24,26). The van der Waals surface area contributed by atoms with Crippen LogP contribution in [0, 0.1) is 0 Å². The number of anilines is 2. The van der Waals surface area contributed by atoms with E-state index in [9.17, 15) is 13.2 Å². The lowest BCUT2D eigenvalue weighted by atomic mass is 10.2. The van der Waals surface area contributed by atoms with Crippen LogP contribution in [0.3, 0.4) is 0 Å². The van der Waals surface area contributed by atoms with Gasteiger partial charge in [0.25, 0.3) is 0 Å². The van der Waals surface area contributed by atoms with Crippen LogP contribution in [-0.4, -0.2) is 26.6 Å². The number of carbonyl (C=O) groups excluding carboxylic acids is 1. The first-order chi connectivity index (χ1) is 14.4. The van der Waals surface area contributed by atoms with Gasteiger partial charge < -0.3 is 5.32 Å². The van der Waals surface area contributed by atoms with E-state index in [2.05, 4.69) is 5.32 Å². The third-order valence-corrected chi connectivity index (χ3v) is 7.98. The molecule has 1 amide bonds. The number of thiophene rings is 1. The van der Waals surface area contributed by atoms with E-state index in [1.54, 1.807) is 35.6 Å². The molecule has 1 aliphatic heterocycles. The molecule has 0 atom stereocenters. The molecule has 5 nitrogen and oxygen atoms in total. The molecule has 4 rings (SSSR count). The maximum absolute atomic E-state index is 12.4. The molecule has 1 saturated heterocycles. The van der Waals surface area contributed by atoms with E-state index in [1.165, 1.54) is 10.4 Å². The highest BCUT2D eigenvalue weighted by Gasteiger charge is 2.28. The zero-order valence-corrected chi connectivity index (χ0v) is 18.3. The molecule has 30 heavy (non-hydrogen) atoms. The van der Waals surface area contributed by atoms with Crippen molar-refractivity contribution in [2.75, 3.05) is 21.9 Å². The minimum atomic E-state index is -3.30. The van der Waals surface area contributed by atoms with Crippen molar-refractivity contribution in [3.05, 3.63) is 76.6 Å². The molecule has 8 heteroatoms. The van der Waals surface area contributed by atoms with Gasteiger partial charge in [-0.1, -0.05) is 41.9 Å². The Balaban J connectivity index is 1.47. The van der Waals surface area contributed by atoms with Crippen LogP contribution < -0.4 is 9.62 Å². The molecular formula is C22H19ClN2O3S2. The van der Waals surface area contributed by atoms with Crippen LogP contribution in [0.15, 0.2) is 66.7 Å². The number of hydrogen-bond donors (Lipinski definition) is 1. The number of sulfonamides is 1. The van der Waals surface area contributed by atoms with Crippen molar-refractivity contribution in [3.63, 3.8) is 0 Å². The second-order valence-electron chi connectivity index (χ2n) is 6.80. The van der Waals surface area contributed by atoms with E-state index in [4.69, 9.17) is 11.6 Å². The summed E-state index contributed by atoms with van der Waals surface area (Å²) in [4.78, 5) is 14.5. The summed E-state index contributed by atoms with van der Waals surface area (Å²) in [6, 6.07) is 18.9. The summed E-state index contributed by atoms with van der Waals surface area (Å²) in [6.45, 7) is 0.430. The fraction of sp³-hybridized carbons (Fsp3) is 0.136. The van der Waals surface area contributed by atoms with Gasteiger partial charge in [0.1, 0.15) is 0 Å². The molecule has 1 fully saturated rings. The molecule has 154 valence electrons. The topological polar surface area (TPSA) is 66.5 Å². The summed E-state index contributed by atoms with van der Waals surface area (Å²) in [5.41, 5.74) is 2.01. The van der Waals surface area contributed by atoms with Gasteiger partial charge in [0.05, 0.1) is 22.2 Å². The molecule has 1 aliphatic rings. The average molecular weight is 459 g/mol. The zero-order valence-electron chi connectivity index (χ0n) is 15.9. The Morgan fingerprint density at radius 2 is 1.90 bits per heavy atom. The van der Waals surface area contributed by atoms with Crippen LogP contribution in [0.2, 0.25) is 5.02 Å². The lowest BCUT2D eigenvalue weighted by Gasteiger charge is -2.18. The third-order valence-electron chi connectivity index (χ3n) is 4.68. The normalized spacial score (nSPS) is 15.6. The monoisotopic (exact) mass is 458 g/mol. The number of hydrogen-bond acceptors (Lipinski definition) is 4. The Bertz CT molecular complexity index is 1200. The smallest absolute Gasteiger partial charge is 0.248 e. The number of nitrogens with zero attached hydrogens (tertiary/aromatic N) is 1. The van der Waals surface area contributed by atoms with Crippen molar-refractivity contribution < 1.29 is 13.2 Å². The average Bonchev–Trinajstić information content (AvgIpc) is 3.35. The highest BCUT2D eigenvalue weighted by atomic mass is 35.5. The fourth-order valence-corrected chi connectivity index (χ4v) is 5.86. The number of carbonyl (C=O) groups is 1. The predicted molar refractivity (Wildman–Crippen MR) is 125 cm³/mol.